The molecule has 0 saturated heterocycles. The van der Waals surface area contributed by atoms with Gasteiger partial charge < -0.3 is 4.74 Å². The van der Waals surface area contributed by atoms with E-state index in [0.29, 0.717) is 16.9 Å². The van der Waals surface area contributed by atoms with Crippen molar-refractivity contribution in [3.8, 4) is 5.69 Å². The number of para-hydroxylation sites is 2. The number of ether oxygens (including phenoxy) is 1. The van der Waals surface area contributed by atoms with E-state index in [1.807, 2.05) is 54.6 Å². The summed E-state index contributed by atoms with van der Waals surface area (Å²) in [4.78, 5) is 29.3. The Morgan fingerprint density at radius 2 is 1.89 bits per heavy atom. The number of nitrogens with one attached hydrogen (secondary N) is 1. The number of carbonyl (C=O) groups excluding carboxylic acids is 1. The Morgan fingerprint density at radius 3 is 2.67 bits per heavy atom. The van der Waals surface area contributed by atoms with Crippen molar-refractivity contribution in [2.45, 2.75) is 6.42 Å². The van der Waals surface area contributed by atoms with Crippen LogP contribution < -0.4 is 5.56 Å². The molecule has 0 aliphatic carbocycles. The fourth-order valence-electron chi connectivity index (χ4n) is 3.06. The summed E-state index contributed by atoms with van der Waals surface area (Å²) in [5.41, 5.74) is 4.02. The average molecular weight is 359 g/mol. The lowest BCUT2D eigenvalue weighted by Crippen LogP contribution is -2.15. The molecule has 6 heteroatoms. The number of benzene rings is 2. The quantitative estimate of drug-likeness (QED) is 0.727. The highest BCUT2D eigenvalue weighted by molar-refractivity contribution is 6.21. The van der Waals surface area contributed by atoms with Crippen LogP contribution in [0.4, 0.5) is 5.69 Å². The van der Waals surface area contributed by atoms with Gasteiger partial charge in [-0.3, -0.25) is 19.7 Å². The third-order valence-corrected chi connectivity index (χ3v) is 4.43. The molecule has 2 aromatic carbocycles. The van der Waals surface area contributed by atoms with Gasteiger partial charge in [-0.1, -0.05) is 36.4 Å². The van der Waals surface area contributed by atoms with Gasteiger partial charge in [0.25, 0.3) is 5.56 Å². The molecule has 0 radical (unpaired) electrons. The maximum atomic E-state index is 13.1. The minimum atomic E-state index is -0.420. The fraction of sp³-hybridized carbons (Fsp3) is 0.0952. The van der Waals surface area contributed by atoms with E-state index in [2.05, 4.69) is 10.1 Å². The summed E-state index contributed by atoms with van der Waals surface area (Å²) < 4.78 is 6.21. The van der Waals surface area contributed by atoms with Crippen molar-refractivity contribution in [3.63, 3.8) is 0 Å². The zero-order valence-electron chi connectivity index (χ0n) is 14.7. The third-order valence-electron chi connectivity index (χ3n) is 4.43. The van der Waals surface area contributed by atoms with Gasteiger partial charge in [-0.15, -0.1) is 0 Å². The standard InChI is InChI=1S/C21H17N3O3/c1-27-20(25)12-19-17(11-14-13-22-18-10-6-5-9-16(14)18)21(26)24(23-19)15-7-3-2-4-8-15/h2-11,13,23H,12H2,1H3. The topological polar surface area (TPSA) is 76.5 Å². The molecule has 0 amide bonds. The number of allylic oxidation sites excluding steroid dienone is 1. The second-order valence-electron chi connectivity index (χ2n) is 6.11. The van der Waals surface area contributed by atoms with Gasteiger partial charge in [0.05, 0.1) is 36.2 Å². The maximum absolute atomic E-state index is 13.1. The van der Waals surface area contributed by atoms with Crippen molar-refractivity contribution in [3.05, 3.63) is 81.8 Å². The van der Waals surface area contributed by atoms with Gasteiger partial charge in [0, 0.05) is 17.4 Å². The summed E-state index contributed by atoms with van der Waals surface area (Å²) in [5.74, 6) is -0.420. The number of fused-ring (bicyclic) bond motifs is 1. The number of hydrogen-bond donors (Lipinski definition) is 1. The Kier molecular flexibility index (Phi) is 4.30. The average Bonchev–Trinajstić information content (AvgIpc) is 3.25. The van der Waals surface area contributed by atoms with Crippen molar-refractivity contribution in [1.82, 2.24) is 9.78 Å². The van der Waals surface area contributed by atoms with Crippen LogP contribution in [0.5, 0.6) is 0 Å². The molecule has 0 spiro atoms. The highest BCUT2D eigenvalue weighted by atomic mass is 16.5. The maximum Gasteiger partial charge on any atom is 0.311 e. The summed E-state index contributed by atoms with van der Waals surface area (Å²) in [6.07, 6.45) is 3.47. The predicted octanol–water partition coefficient (Wildman–Crippen LogP) is 3.14. The fourth-order valence-corrected chi connectivity index (χ4v) is 3.06. The number of H-pyrrole nitrogens is 1. The molecule has 134 valence electrons. The van der Waals surface area contributed by atoms with Crippen LogP contribution in [0.25, 0.3) is 17.3 Å². The molecule has 1 aliphatic heterocycles. The zero-order chi connectivity index (χ0) is 18.8. The first kappa shape index (κ1) is 16.8. The van der Waals surface area contributed by atoms with E-state index >= 15 is 0 Å². The van der Waals surface area contributed by atoms with Crippen LogP contribution in [0.2, 0.25) is 0 Å². The van der Waals surface area contributed by atoms with Crippen LogP contribution in [0, 0.1) is 0 Å². The molecule has 1 N–H and O–H groups in total. The van der Waals surface area contributed by atoms with Crippen molar-refractivity contribution >= 4 is 29.5 Å². The minimum absolute atomic E-state index is 0.0243. The Balaban J connectivity index is 1.85. The van der Waals surface area contributed by atoms with E-state index in [4.69, 9.17) is 4.74 Å². The predicted molar refractivity (Wildman–Crippen MR) is 105 cm³/mol. The highest BCUT2D eigenvalue weighted by Crippen LogP contribution is 2.32. The number of rotatable bonds is 4. The van der Waals surface area contributed by atoms with E-state index < -0.39 is 5.97 Å². The summed E-state index contributed by atoms with van der Waals surface area (Å²) >= 11 is 0. The van der Waals surface area contributed by atoms with E-state index in [0.717, 1.165) is 16.8 Å². The van der Waals surface area contributed by atoms with Gasteiger partial charge in [-0.2, -0.15) is 0 Å². The van der Waals surface area contributed by atoms with Crippen LogP contribution in [0.3, 0.4) is 0 Å². The monoisotopic (exact) mass is 359 g/mol. The van der Waals surface area contributed by atoms with Crippen molar-refractivity contribution in [2.75, 3.05) is 7.11 Å². The first-order valence-corrected chi connectivity index (χ1v) is 8.48. The van der Waals surface area contributed by atoms with Crippen LogP contribution in [-0.4, -0.2) is 29.1 Å². The first-order chi connectivity index (χ1) is 13.2. The number of aliphatic imine (C=N–C) groups is 1. The molecule has 6 nitrogen and oxygen atoms in total. The minimum Gasteiger partial charge on any atom is -0.469 e. The molecular weight excluding hydrogens is 342 g/mol. The molecule has 1 aromatic heterocycles. The largest absolute Gasteiger partial charge is 0.469 e. The van der Waals surface area contributed by atoms with Gasteiger partial charge in [-0.25, -0.2) is 4.68 Å². The number of aromatic amines is 1. The Hall–Kier alpha value is -3.67. The second kappa shape index (κ2) is 6.92. The number of hydrogen-bond acceptors (Lipinski definition) is 4. The van der Waals surface area contributed by atoms with E-state index in [9.17, 15) is 9.59 Å². The van der Waals surface area contributed by atoms with Crippen molar-refractivity contribution < 1.29 is 9.53 Å². The first-order valence-electron chi connectivity index (χ1n) is 8.48. The van der Waals surface area contributed by atoms with Crippen molar-refractivity contribution in [2.24, 2.45) is 4.99 Å². The number of nitrogens with zero attached hydrogens (tertiary/aromatic N) is 2. The molecule has 0 bridgehead atoms. The Bertz CT molecular complexity index is 1120. The highest BCUT2D eigenvalue weighted by Gasteiger charge is 2.19. The summed E-state index contributed by atoms with van der Waals surface area (Å²) in [5, 5.41) is 3.04. The molecular formula is C21H17N3O3. The number of esters is 1. The SMILES string of the molecule is COC(=O)Cc1[nH]n(-c2ccccc2)c(=O)c1C=C1C=Nc2ccccc21. The Morgan fingerprint density at radius 1 is 1.15 bits per heavy atom. The normalized spacial score (nSPS) is 13.7. The van der Waals surface area contributed by atoms with Crippen LogP contribution in [-0.2, 0) is 16.0 Å². The van der Waals surface area contributed by atoms with Crippen LogP contribution >= 0.6 is 0 Å². The van der Waals surface area contributed by atoms with E-state index in [-0.39, 0.29) is 12.0 Å². The molecule has 3 aromatic rings. The van der Waals surface area contributed by atoms with Gasteiger partial charge in [0.15, 0.2) is 0 Å². The molecule has 2 heterocycles. The Labute approximate surface area is 155 Å². The number of carbonyl (C=O) groups is 1. The third kappa shape index (κ3) is 3.13. The van der Waals surface area contributed by atoms with E-state index in [1.54, 1.807) is 12.3 Å². The molecule has 27 heavy (non-hydrogen) atoms. The van der Waals surface area contributed by atoms with Crippen molar-refractivity contribution in [1.29, 1.82) is 0 Å². The number of methoxy groups -OCH3 is 1. The summed E-state index contributed by atoms with van der Waals surface area (Å²) in [7, 11) is 1.33. The van der Waals surface area contributed by atoms with Crippen LogP contribution in [0.15, 0.2) is 64.4 Å². The second-order valence-corrected chi connectivity index (χ2v) is 6.11. The van der Waals surface area contributed by atoms with Gasteiger partial charge in [0.2, 0.25) is 0 Å². The molecule has 1 aliphatic rings. The van der Waals surface area contributed by atoms with E-state index in [1.165, 1.54) is 11.8 Å². The lowest BCUT2D eigenvalue weighted by atomic mass is 10.0. The van der Waals surface area contributed by atoms with Gasteiger partial charge in [-0.05, 0) is 24.3 Å². The lowest BCUT2D eigenvalue weighted by molar-refractivity contribution is -0.139. The molecule has 4 rings (SSSR count). The van der Waals surface area contributed by atoms with Gasteiger partial charge >= 0.3 is 5.97 Å². The molecule has 0 atom stereocenters. The molecule has 0 saturated carbocycles. The molecule has 0 unspecified atom stereocenters. The summed E-state index contributed by atoms with van der Waals surface area (Å²) in [6, 6.07) is 16.9. The smallest absolute Gasteiger partial charge is 0.311 e. The van der Waals surface area contributed by atoms with Crippen LogP contribution in [0.1, 0.15) is 16.8 Å². The zero-order valence-corrected chi connectivity index (χ0v) is 14.7. The molecule has 0 fully saturated rings. The lowest BCUT2D eigenvalue weighted by Gasteiger charge is -2.01. The number of aromatic nitrogens is 2. The van der Waals surface area contributed by atoms with Gasteiger partial charge in [0.1, 0.15) is 0 Å². The summed E-state index contributed by atoms with van der Waals surface area (Å²) in [6.45, 7) is 0.